The summed E-state index contributed by atoms with van der Waals surface area (Å²) in [6, 6.07) is 11.3. The van der Waals surface area contributed by atoms with Crippen LogP contribution in [0.25, 0.3) is 0 Å². The summed E-state index contributed by atoms with van der Waals surface area (Å²) in [5.74, 6) is 4.42. The van der Waals surface area contributed by atoms with Crippen LogP contribution in [0, 0.1) is 11.6 Å². The third-order valence-corrected chi connectivity index (χ3v) is 3.95. The van der Waals surface area contributed by atoms with Gasteiger partial charge in [0.05, 0.1) is 0 Å². The Morgan fingerprint density at radius 3 is 2.25 bits per heavy atom. The summed E-state index contributed by atoms with van der Waals surface area (Å²) < 4.78 is 28.2. The summed E-state index contributed by atoms with van der Waals surface area (Å²) in [5.41, 5.74) is 3.72. The lowest BCUT2D eigenvalue weighted by Crippen LogP contribution is -2.39. The van der Waals surface area contributed by atoms with Gasteiger partial charge in [-0.25, -0.2) is 8.78 Å². The number of halogens is 3. The molecule has 0 bridgehead atoms. The lowest BCUT2D eigenvalue weighted by Gasteiger charge is -2.17. The highest BCUT2D eigenvalue weighted by Crippen LogP contribution is 2.20. The zero-order chi connectivity index (χ0) is 14.5. The van der Waals surface area contributed by atoms with Crippen molar-refractivity contribution >= 4 is 15.9 Å². The van der Waals surface area contributed by atoms with E-state index < -0.39 is 11.6 Å². The Labute approximate surface area is 125 Å². The zero-order valence-corrected chi connectivity index (χ0v) is 12.3. The lowest BCUT2D eigenvalue weighted by atomic mass is 9.99. The molecule has 1 unspecified atom stereocenters. The number of nitrogens with one attached hydrogen (secondary N) is 1. The van der Waals surface area contributed by atoms with Gasteiger partial charge in [-0.1, -0.05) is 40.2 Å². The maximum absolute atomic E-state index is 13.6. The molecule has 0 spiro atoms. The molecule has 2 aromatic carbocycles. The van der Waals surface area contributed by atoms with Crippen molar-refractivity contribution < 1.29 is 8.78 Å². The predicted molar refractivity (Wildman–Crippen MR) is 79.0 cm³/mol. The van der Waals surface area contributed by atoms with Crippen molar-refractivity contribution in [3.05, 3.63) is 69.7 Å². The van der Waals surface area contributed by atoms with E-state index in [9.17, 15) is 8.78 Å². The molecule has 0 aromatic heterocycles. The highest BCUT2D eigenvalue weighted by atomic mass is 79.9. The number of hydrogen-bond acceptors (Lipinski definition) is 2. The fraction of sp³-hybridized carbons (Fsp3) is 0.200. The standard InChI is InChI=1S/C15H15BrF2N2/c16-13-5-2-1-4-10(13)8-11(20-19)9-12-14(17)6-3-7-15(12)18/h1-7,11,20H,8-9,19H2. The summed E-state index contributed by atoms with van der Waals surface area (Å²) in [6.45, 7) is 0. The first-order valence-electron chi connectivity index (χ1n) is 6.24. The molecule has 1 atom stereocenters. The first-order valence-corrected chi connectivity index (χ1v) is 7.03. The Kier molecular flexibility index (Phi) is 5.23. The van der Waals surface area contributed by atoms with Gasteiger partial charge in [0.2, 0.25) is 0 Å². The van der Waals surface area contributed by atoms with Crippen molar-refractivity contribution in [2.24, 2.45) is 5.84 Å². The molecule has 0 amide bonds. The van der Waals surface area contributed by atoms with Crippen LogP contribution in [-0.2, 0) is 12.8 Å². The monoisotopic (exact) mass is 340 g/mol. The molecule has 0 heterocycles. The third-order valence-electron chi connectivity index (χ3n) is 3.17. The molecule has 0 saturated heterocycles. The van der Waals surface area contributed by atoms with Gasteiger partial charge in [0, 0.05) is 16.1 Å². The zero-order valence-electron chi connectivity index (χ0n) is 10.7. The van der Waals surface area contributed by atoms with E-state index in [1.807, 2.05) is 24.3 Å². The maximum Gasteiger partial charge on any atom is 0.129 e. The van der Waals surface area contributed by atoms with Crippen molar-refractivity contribution in [3.63, 3.8) is 0 Å². The van der Waals surface area contributed by atoms with Crippen molar-refractivity contribution in [2.75, 3.05) is 0 Å². The molecule has 2 nitrogen and oxygen atoms in total. The topological polar surface area (TPSA) is 38.0 Å². The van der Waals surface area contributed by atoms with Crippen LogP contribution in [0.5, 0.6) is 0 Å². The van der Waals surface area contributed by atoms with Gasteiger partial charge >= 0.3 is 0 Å². The molecule has 0 aliphatic heterocycles. The lowest BCUT2D eigenvalue weighted by molar-refractivity contribution is 0.484. The van der Waals surface area contributed by atoms with Crippen LogP contribution >= 0.6 is 15.9 Å². The Morgan fingerprint density at radius 2 is 1.65 bits per heavy atom. The molecule has 0 fully saturated rings. The average molecular weight is 341 g/mol. The van der Waals surface area contributed by atoms with E-state index in [4.69, 9.17) is 5.84 Å². The normalized spacial score (nSPS) is 12.4. The minimum Gasteiger partial charge on any atom is -0.271 e. The maximum atomic E-state index is 13.6. The van der Waals surface area contributed by atoms with Crippen molar-refractivity contribution in [1.29, 1.82) is 0 Å². The number of hydrogen-bond donors (Lipinski definition) is 2. The number of benzene rings is 2. The van der Waals surface area contributed by atoms with Crippen LogP contribution in [0.2, 0.25) is 0 Å². The summed E-state index contributed by atoms with van der Waals surface area (Å²) in [5, 5.41) is 0. The van der Waals surface area contributed by atoms with E-state index in [0.29, 0.717) is 6.42 Å². The Morgan fingerprint density at radius 1 is 1.00 bits per heavy atom. The quantitative estimate of drug-likeness (QED) is 0.647. The van der Waals surface area contributed by atoms with E-state index in [1.165, 1.54) is 18.2 Å². The molecule has 0 aliphatic rings. The molecular weight excluding hydrogens is 326 g/mol. The molecule has 0 radical (unpaired) electrons. The molecular formula is C15H15BrF2N2. The van der Waals surface area contributed by atoms with E-state index in [2.05, 4.69) is 21.4 Å². The van der Waals surface area contributed by atoms with E-state index in [0.717, 1.165) is 10.0 Å². The number of rotatable bonds is 5. The second-order valence-corrected chi connectivity index (χ2v) is 5.42. The predicted octanol–water partition coefficient (Wildman–Crippen LogP) is 3.34. The molecule has 2 rings (SSSR count). The van der Waals surface area contributed by atoms with Gasteiger partial charge in [0.25, 0.3) is 0 Å². The smallest absolute Gasteiger partial charge is 0.129 e. The fourth-order valence-electron chi connectivity index (χ4n) is 2.09. The van der Waals surface area contributed by atoms with Gasteiger partial charge in [0.1, 0.15) is 11.6 Å². The number of hydrazine groups is 1. The second-order valence-electron chi connectivity index (χ2n) is 4.56. The van der Waals surface area contributed by atoms with Crippen LogP contribution in [0.4, 0.5) is 8.78 Å². The van der Waals surface area contributed by atoms with Gasteiger partial charge in [-0.3, -0.25) is 11.3 Å². The number of nitrogens with two attached hydrogens (primary N) is 1. The van der Waals surface area contributed by atoms with E-state index in [1.54, 1.807) is 0 Å². The largest absolute Gasteiger partial charge is 0.271 e. The van der Waals surface area contributed by atoms with Crippen LogP contribution in [-0.4, -0.2) is 6.04 Å². The van der Waals surface area contributed by atoms with Gasteiger partial charge in [-0.2, -0.15) is 0 Å². The first-order chi connectivity index (χ1) is 9.61. The van der Waals surface area contributed by atoms with Gasteiger partial charge in [-0.05, 0) is 36.6 Å². The third kappa shape index (κ3) is 3.62. The van der Waals surface area contributed by atoms with Crippen LogP contribution in [0.3, 0.4) is 0 Å². The van der Waals surface area contributed by atoms with Crippen LogP contribution in [0.1, 0.15) is 11.1 Å². The van der Waals surface area contributed by atoms with Crippen LogP contribution < -0.4 is 11.3 Å². The molecule has 106 valence electrons. The summed E-state index contributed by atoms with van der Waals surface area (Å²) in [4.78, 5) is 0. The molecule has 2 aromatic rings. The highest BCUT2D eigenvalue weighted by molar-refractivity contribution is 9.10. The van der Waals surface area contributed by atoms with Crippen molar-refractivity contribution in [1.82, 2.24) is 5.43 Å². The fourth-order valence-corrected chi connectivity index (χ4v) is 2.54. The summed E-state index contributed by atoms with van der Waals surface area (Å²) in [6.07, 6.45) is 0.766. The molecule has 5 heteroatoms. The molecule has 0 saturated carbocycles. The van der Waals surface area contributed by atoms with E-state index in [-0.39, 0.29) is 18.0 Å². The molecule has 3 N–H and O–H groups in total. The SMILES string of the molecule is NNC(Cc1ccccc1Br)Cc1c(F)cccc1F. The van der Waals surface area contributed by atoms with Gasteiger partial charge in [0.15, 0.2) is 0 Å². The van der Waals surface area contributed by atoms with Crippen molar-refractivity contribution in [3.8, 4) is 0 Å². The summed E-state index contributed by atoms with van der Waals surface area (Å²) in [7, 11) is 0. The van der Waals surface area contributed by atoms with Crippen molar-refractivity contribution in [2.45, 2.75) is 18.9 Å². The molecule has 20 heavy (non-hydrogen) atoms. The molecule has 0 aliphatic carbocycles. The van der Waals surface area contributed by atoms with Crippen LogP contribution in [0.15, 0.2) is 46.9 Å². The summed E-state index contributed by atoms with van der Waals surface area (Å²) >= 11 is 3.45. The van der Waals surface area contributed by atoms with Gasteiger partial charge in [-0.15, -0.1) is 0 Å². The van der Waals surface area contributed by atoms with E-state index >= 15 is 0 Å². The average Bonchev–Trinajstić information content (AvgIpc) is 2.44. The first kappa shape index (κ1) is 15.1. The Bertz CT molecular complexity index is 570. The minimum atomic E-state index is -0.544. The Balaban J connectivity index is 2.16. The Hall–Kier alpha value is -1.30. The van der Waals surface area contributed by atoms with Gasteiger partial charge < -0.3 is 0 Å². The second kappa shape index (κ2) is 6.92. The minimum absolute atomic E-state index is 0.0579. The highest BCUT2D eigenvalue weighted by Gasteiger charge is 2.16.